The number of ketones is 2. The lowest BCUT2D eigenvalue weighted by molar-refractivity contribution is -0.124. The molecule has 0 N–H and O–H groups in total. The minimum Gasteiger partial charge on any atom is -0.299 e. The quantitative estimate of drug-likeness (QED) is 0.438. The van der Waals surface area contributed by atoms with Gasteiger partial charge in [-0.3, -0.25) is 9.59 Å². The van der Waals surface area contributed by atoms with Crippen LogP contribution in [0.25, 0.3) is 0 Å². The van der Waals surface area contributed by atoms with E-state index in [0.29, 0.717) is 6.42 Å². The molecule has 0 aliphatic carbocycles. The van der Waals surface area contributed by atoms with Crippen molar-refractivity contribution >= 4 is 11.6 Å². The molecule has 0 amide bonds. The van der Waals surface area contributed by atoms with Crippen LogP contribution in [-0.4, -0.2) is 11.6 Å². The predicted octanol–water partition coefficient (Wildman–Crippen LogP) is 1.50. The lowest BCUT2D eigenvalue weighted by atomic mass is 10.1. The summed E-state index contributed by atoms with van der Waals surface area (Å²) in [6.07, 6.45) is 3.57. The summed E-state index contributed by atoms with van der Waals surface area (Å²) < 4.78 is 0. The second kappa shape index (κ2) is 4.91. The van der Waals surface area contributed by atoms with E-state index in [9.17, 15) is 9.59 Å². The SMILES string of the molecule is CC=CC(=O)CC(=O)CC. The van der Waals surface area contributed by atoms with Crippen molar-refractivity contribution < 1.29 is 9.59 Å². The Balaban J connectivity index is 3.68. The fraction of sp³-hybridized carbons (Fsp3) is 0.500. The van der Waals surface area contributed by atoms with E-state index in [4.69, 9.17) is 0 Å². The van der Waals surface area contributed by atoms with Crippen molar-refractivity contribution in [1.82, 2.24) is 0 Å². The molecule has 0 unspecified atom stereocenters. The van der Waals surface area contributed by atoms with Gasteiger partial charge in [0.25, 0.3) is 0 Å². The van der Waals surface area contributed by atoms with Crippen LogP contribution in [0.4, 0.5) is 0 Å². The second-order valence-corrected chi connectivity index (χ2v) is 2.04. The largest absolute Gasteiger partial charge is 0.299 e. The van der Waals surface area contributed by atoms with Gasteiger partial charge in [0, 0.05) is 6.42 Å². The third kappa shape index (κ3) is 4.01. The molecule has 2 nitrogen and oxygen atoms in total. The summed E-state index contributed by atoms with van der Waals surface area (Å²) in [5, 5.41) is 0. The zero-order valence-corrected chi connectivity index (χ0v) is 6.39. The molecule has 0 saturated carbocycles. The summed E-state index contributed by atoms with van der Waals surface area (Å²) in [4.78, 5) is 21.3. The highest BCUT2D eigenvalue weighted by molar-refractivity contribution is 6.04. The average Bonchev–Trinajstić information content (AvgIpc) is 1.88. The fourth-order valence-corrected chi connectivity index (χ4v) is 0.564. The molecule has 0 aromatic rings. The number of hydrogen-bond acceptors (Lipinski definition) is 2. The van der Waals surface area contributed by atoms with Gasteiger partial charge < -0.3 is 0 Å². The number of rotatable bonds is 4. The van der Waals surface area contributed by atoms with E-state index in [0.717, 1.165) is 0 Å². The first-order chi connectivity index (χ1) is 4.70. The molecule has 10 heavy (non-hydrogen) atoms. The molecule has 0 fully saturated rings. The summed E-state index contributed by atoms with van der Waals surface area (Å²) >= 11 is 0. The van der Waals surface area contributed by atoms with Gasteiger partial charge in [-0.15, -0.1) is 0 Å². The number of carbonyl (C=O) groups excluding carboxylic acids is 2. The molecular formula is C8H12O2. The van der Waals surface area contributed by atoms with Gasteiger partial charge >= 0.3 is 0 Å². The van der Waals surface area contributed by atoms with Crippen LogP contribution in [0.5, 0.6) is 0 Å². The van der Waals surface area contributed by atoms with Gasteiger partial charge in [0.15, 0.2) is 5.78 Å². The summed E-state index contributed by atoms with van der Waals surface area (Å²) in [7, 11) is 0. The second-order valence-electron chi connectivity index (χ2n) is 2.04. The van der Waals surface area contributed by atoms with Gasteiger partial charge in [0.1, 0.15) is 5.78 Å². The summed E-state index contributed by atoms with van der Waals surface area (Å²) in [6, 6.07) is 0. The van der Waals surface area contributed by atoms with Crippen molar-refractivity contribution in [1.29, 1.82) is 0 Å². The third-order valence-electron chi connectivity index (χ3n) is 1.12. The maximum atomic E-state index is 10.7. The Morgan fingerprint density at radius 2 is 2.00 bits per heavy atom. The minimum atomic E-state index is -0.102. The molecule has 0 bridgehead atoms. The van der Waals surface area contributed by atoms with Crippen molar-refractivity contribution in [3.05, 3.63) is 12.2 Å². The molecular weight excluding hydrogens is 128 g/mol. The van der Waals surface area contributed by atoms with Crippen LogP contribution < -0.4 is 0 Å². The van der Waals surface area contributed by atoms with Gasteiger partial charge in [-0.05, 0) is 13.0 Å². The zero-order chi connectivity index (χ0) is 7.98. The molecule has 0 saturated heterocycles. The standard InChI is InChI=1S/C8H12O2/c1-3-5-8(10)6-7(9)4-2/h3,5H,4,6H2,1-2H3. The topological polar surface area (TPSA) is 34.1 Å². The van der Waals surface area contributed by atoms with Crippen LogP contribution in [0.15, 0.2) is 12.2 Å². The summed E-state index contributed by atoms with van der Waals surface area (Å²) in [6.45, 7) is 3.51. The first-order valence-electron chi connectivity index (χ1n) is 3.38. The fourth-order valence-electron chi connectivity index (χ4n) is 0.564. The lowest BCUT2D eigenvalue weighted by Gasteiger charge is -1.89. The average molecular weight is 140 g/mol. The van der Waals surface area contributed by atoms with E-state index >= 15 is 0 Å². The summed E-state index contributed by atoms with van der Waals surface area (Å²) in [5.41, 5.74) is 0. The maximum Gasteiger partial charge on any atom is 0.162 e. The lowest BCUT2D eigenvalue weighted by Crippen LogP contribution is -2.02. The molecule has 2 heteroatoms. The maximum absolute atomic E-state index is 10.7. The van der Waals surface area contributed by atoms with Crippen molar-refractivity contribution in [3.63, 3.8) is 0 Å². The Morgan fingerprint density at radius 1 is 1.40 bits per heavy atom. The number of allylic oxidation sites excluding steroid dienone is 2. The third-order valence-corrected chi connectivity index (χ3v) is 1.12. The van der Waals surface area contributed by atoms with Crippen LogP contribution in [0.1, 0.15) is 26.7 Å². The minimum absolute atomic E-state index is 0.00287. The monoisotopic (exact) mass is 140 g/mol. The normalized spacial score (nSPS) is 10.2. The predicted molar refractivity (Wildman–Crippen MR) is 39.7 cm³/mol. The highest BCUT2D eigenvalue weighted by atomic mass is 16.1. The van der Waals surface area contributed by atoms with Crippen molar-refractivity contribution in [3.8, 4) is 0 Å². The Labute approximate surface area is 60.9 Å². The summed E-state index contributed by atoms with van der Waals surface area (Å²) in [5.74, 6) is -0.0996. The van der Waals surface area contributed by atoms with E-state index in [1.807, 2.05) is 0 Å². The van der Waals surface area contributed by atoms with E-state index in [1.165, 1.54) is 6.08 Å². The van der Waals surface area contributed by atoms with E-state index in [1.54, 1.807) is 19.9 Å². The van der Waals surface area contributed by atoms with Gasteiger partial charge in [0.2, 0.25) is 0 Å². The molecule has 0 aromatic carbocycles. The molecule has 0 radical (unpaired) electrons. The van der Waals surface area contributed by atoms with Crippen LogP contribution in [0.3, 0.4) is 0 Å². The highest BCUT2D eigenvalue weighted by Crippen LogP contribution is 1.91. The molecule has 0 aliphatic rings. The van der Waals surface area contributed by atoms with Crippen molar-refractivity contribution in [2.75, 3.05) is 0 Å². The molecule has 0 aliphatic heterocycles. The van der Waals surface area contributed by atoms with Crippen LogP contribution >= 0.6 is 0 Å². The van der Waals surface area contributed by atoms with Gasteiger partial charge in [-0.25, -0.2) is 0 Å². The Hall–Kier alpha value is -0.920. The van der Waals surface area contributed by atoms with Crippen LogP contribution in [-0.2, 0) is 9.59 Å². The number of carbonyl (C=O) groups is 2. The molecule has 0 heterocycles. The first kappa shape index (κ1) is 9.08. The first-order valence-corrected chi connectivity index (χ1v) is 3.38. The molecule has 0 spiro atoms. The van der Waals surface area contributed by atoms with E-state index < -0.39 is 0 Å². The molecule has 0 atom stereocenters. The Bertz CT molecular complexity index is 157. The molecule has 0 aromatic heterocycles. The van der Waals surface area contributed by atoms with E-state index in [2.05, 4.69) is 0 Å². The zero-order valence-electron chi connectivity index (χ0n) is 6.39. The van der Waals surface area contributed by atoms with Gasteiger partial charge in [0.05, 0.1) is 6.42 Å². The van der Waals surface area contributed by atoms with E-state index in [-0.39, 0.29) is 18.0 Å². The van der Waals surface area contributed by atoms with Gasteiger partial charge in [-0.2, -0.15) is 0 Å². The highest BCUT2D eigenvalue weighted by Gasteiger charge is 2.02. The molecule has 56 valence electrons. The van der Waals surface area contributed by atoms with Crippen LogP contribution in [0.2, 0.25) is 0 Å². The van der Waals surface area contributed by atoms with Crippen molar-refractivity contribution in [2.24, 2.45) is 0 Å². The van der Waals surface area contributed by atoms with Gasteiger partial charge in [-0.1, -0.05) is 13.0 Å². The Kier molecular flexibility index (Phi) is 4.46. The van der Waals surface area contributed by atoms with Crippen LogP contribution in [0, 0.1) is 0 Å². The smallest absolute Gasteiger partial charge is 0.162 e. The Morgan fingerprint density at radius 3 is 2.40 bits per heavy atom. The van der Waals surface area contributed by atoms with Crippen molar-refractivity contribution in [2.45, 2.75) is 26.7 Å². The number of Topliss-reactive ketones (excluding diaryl/α,β-unsaturated/α-hetero) is 1. The molecule has 0 rings (SSSR count). The number of hydrogen-bond donors (Lipinski definition) is 0.